The van der Waals surface area contributed by atoms with E-state index in [9.17, 15) is 20.1 Å². The first-order valence-corrected chi connectivity index (χ1v) is 17.7. The highest BCUT2D eigenvalue weighted by Crippen LogP contribution is 2.40. The van der Waals surface area contributed by atoms with Gasteiger partial charge in [0.05, 0.1) is 47.2 Å². The summed E-state index contributed by atoms with van der Waals surface area (Å²) >= 11 is 0. The quantitative estimate of drug-likeness (QED) is 0.262. The lowest BCUT2D eigenvalue weighted by molar-refractivity contribution is -0.317. The number of H-pyrrole nitrogens is 1. The molecule has 4 heterocycles. The van der Waals surface area contributed by atoms with Gasteiger partial charge in [0, 0.05) is 37.7 Å². The molecule has 3 saturated heterocycles. The maximum Gasteiger partial charge on any atom is 0.312 e. The Labute approximate surface area is 291 Å². The fourth-order valence-electron chi connectivity index (χ4n) is 7.89. The fourth-order valence-corrected chi connectivity index (χ4v) is 7.89. The lowest BCUT2D eigenvalue weighted by atomic mass is 9.77. The molecule has 4 rings (SSSR count). The molecule has 0 spiro atoms. The monoisotopic (exact) mass is 698 g/mol. The molecule has 0 aliphatic carbocycles. The van der Waals surface area contributed by atoms with Crippen molar-refractivity contribution >= 4 is 5.97 Å². The van der Waals surface area contributed by atoms with Crippen LogP contribution in [0.25, 0.3) is 0 Å². The molecule has 5 N–H and O–H groups in total. The first-order valence-electron chi connectivity index (χ1n) is 17.7. The zero-order valence-electron chi connectivity index (χ0n) is 31.2. The molecule has 3 aliphatic heterocycles. The van der Waals surface area contributed by atoms with Crippen molar-refractivity contribution < 1.29 is 48.5 Å². The largest absolute Gasteiger partial charge is 0.454 e. The van der Waals surface area contributed by atoms with Gasteiger partial charge in [0.2, 0.25) is 0 Å². The van der Waals surface area contributed by atoms with Crippen LogP contribution in [-0.4, -0.2) is 137 Å². The maximum absolute atomic E-state index is 14.2. The maximum atomic E-state index is 14.2. The van der Waals surface area contributed by atoms with E-state index in [2.05, 4.69) is 15.5 Å². The van der Waals surface area contributed by atoms with Gasteiger partial charge in [-0.15, -0.1) is 0 Å². The lowest BCUT2D eigenvalue weighted by Crippen LogP contribution is -2.60. The number of carbonyl (C=O) groups excluding carboxylic acids is 1. The topological polar surface area (TPSA) is 177 Å². The number of rotatable bonds is 7. The number of aromatic nitrogens is 2. The SMILES string of the molecule is CO[C@]1(C)C[C@H](O[C@H]2[C@H](C)[C@@H](O[C@@H]3O[C@H](C)C[C@H](N(C)C)[C@H]3O)[C@@](C)(O)C[C@@H](C)CN[C@@H](C)[C@@H](c3ccn[nH]3)OC(=O)[C@@H]2C)O[C@@H](C)[C@@H]1O. The van der Waals surface area contributed by atoms with Gasteiger partial charge < -0.3 is 54.0 Å². The van der Waals surface area contributed by atoms with Crippen LogP contribution in [-0.2, 0) is 33.2 Å². The first kappa shape index (κ1) is 40.1. The summed E-state index contributed by atoms with van der Waals surface area (Å²) in [5.41, 5.74) is -1.79. The second kappa shape index (κ2) is 16.3. The van der Waals surface area contributed by atoms with E-state index in [0.717, 1.165) is 0 Å². The van der Waals surface area contributed by atoms with E-state index >= 15 is 0 Å². The third kappa shape index (κ3) is 9.21. The van der Waals surface area contributed by atoms with E-state index in [0.29, 0.717) is 25.1 Å². The molecule has 16 atom stereocenters. The Morgan fingerprint density at radius 2 is 1.73 bits per heavy atom. The predicted octanol–water partition coefficient (Wildman–Crippen LogP) is 2.13. The van der Waals surface area contributed by atoms with Crippen molar-refractivity contribution in [1.82, 2.24) is 20.4 Å². The predicted molar refractivity (Wildman–Crippen MR) is 180 cm³/mol. The fraction of sp³-hybridized carbons (Fsp3) is 0.886. The van der Waals surface area contributed by atoms with E-state index in [1.807, 2.05) is 46.7 Å². The number of hydrogen-bond donors (Lipinski definition) is 5. The van der Waals surface area contributed by atoms with Gasteiger partial charge >= 0.3 is 5.97 Å². The molecule has 14 heteroatoms. The van der Waals surface area contributed by atoms with Gasteiger partial charge in [-0.05, 0) is 87.0 Å². The van der Waals surface area contributed by atoms with Crippen LogP contribution < -0.4 is 5.32 Å². The Balaban J connectivity index is 1.76. The average Bonchev–Trinajstić information content (AvgIpc) is 3.57. The van der Waals surface area contributed by atoms with Crippen LogP contribution in [0.4, 0.5) is 0 Å². The van der Waals surface area contributed by atoms with E-state index in [1.165, 1.54) is 7.11 Å². The Morgan fingerprint density at radius 1 is 1.04 bits per heavy atom. The number of likely N-dealkylation sites (N-methyl/N-ethyl adjacent to an activating group) is 1. The van der Waals surface area contributed by atoms with Crippen LogP contribution in [0, 0.1) is 17.8 Å². The summed E-state index contributed by atoms with van der Waals surface area (Å²) < 4.78 is 37.7. The van der Waals surface area contributed by atoms with Gasteiger partial charge in [0.1, 0.15) is 12.2 Å². The average molecular weight is 699 g/mol. The highest BCUT2D eigenvalue weighted by molar-refractivity contribution is 5.73. The molecule has 0 amide bonds. The standard InChI is InChI=1S/C35H62N4O10/c1-18-15-34(7,43)31(49-33-27(40)25(39(9)10)14-19(2)45-33)20(3)28(47-26-16-35(8,44-11)30(41)23(6)46-26)21(4)32(42)48-29(22(5)36-17-18)24-12-13-37-38-24/h12-13,18-23,25-31,33,36,40-41,43H,14-17H2,1-11H3,(H,37,38)/t18-,19-,20+,21-,22+,23+,25+,26+,27-,28+,29+,30+,31-,33+,34+,35-/m1/s1. The van der Waals surface area contributed by atoms with Crippen molar-refractivity contribution in [2.75, 3.05) is 27.7 Å². The van der Waals surface area contributed by atoms with Gasteiger partial charge in [0.15, 0.2) is 18.7 Å². The number of methoxy groups -OCH3 is 1. The minimum atomic E-state index is -1.46. The number of aromatic amines is 1. The Morgan fingerprint density at radius 3 is 2.35 bits per heavy atom. The van der Waals surface area contributed by atoms with E-state index in [1.54, 1.807) is 40.0 Å². The highest BCUT2D eigenvalue weighted by atomic mass is 16.7. The molecule has 3 fully saturated rings. The van der Waals surface area contributed by atoms with E-state index < -0.39 is 78.2 Å². The van der Waals surface area contributed by atoms with Crippen LogP contribution in [0.2, 0.25) is 0 Å². The molecule has 1 aromatic heterocycles. The van der Waals surface area contributed by atoms with Gasteiger partial charge in [-0.2, -0.15) is 5.10 Å². The molecule has 3 aliphatic rings. The summed E-state index contributed by atoms with van der Waals surface area (Å²) in [4.78, 5) is 16.1. The second-order valence-corrected chi connectivity index (χ2v) is 15.5. The summed E-state index contributed by atoms with van der Waals surface area (Å²) in [5.74, 6) is -2.10. The van der Waals surface area contributed by atoms with Crippen LogP contribution in [0.3, 0.4) is 0 Å². The van der Waals surface area contributed by atoms with Crippen LogP contribution >= 0.6 is 0 Å². The number of ether oxygens (including phenoxy) is 6. The number of hydrogen-bond acceptors (Lipinski definition) is 13. The number of nitrogens with zero attached hydrogens (tertiary/aromatic N) is 2. The zero-order chi connectivity index (χ0) is 36.4. The Kier molecular flexibility index (Phi) is 13.3. The summed E-state index contributed by atoms with van der Waals surface area (Å²) in [6, 6.07) is 1.25. The van der Waals surface area contributed by atoms with Crippen molar-refractivity contribution in [1.29, 1.82) is 0 Å². The molecule has 14 nitrogen and oxygen atoms in total. The summed E-state index contributed by atoms with van der Waals surface area (Å²) in [6.07, 6.45) is -4.49. The molecule has 0 radical (unpaired) electrons. The Hall–Kier alpha value is -1.72. The van der Waals surface area contributed by atoms with E-state index in [4.69, 9.17) is 28.4 Å². The summed E-state index contributed by atoms with van der Waals surface area (Å²) in [5, 5.41) is 45.2. The number of esters is 1. The molecule has 1 aromatic rings. The minimum Gasteiger partial charge on any atom is -0.454 e. The van der Waals surface area contributed by atoms with Crippen LogP contribution in [0.5, 0.6) is 0 Å². The zero-order valence-corrected chi connectivity index (χ0v) is 31.2. The van der Waals surface area contributed by atoms with Gasteiger partial charge in [0.25, 0.3) is 0 Å². The smallest absolute Gasteiger partial charge is 0.312 e. The number of cyclic esters (lactones) is 1. The molecule has 0 bridgehead atoms. The van der Waals surface area contributed by atoms with Crippen molar-refractivity contribution in [3.05, 3.63) is 18.0 Å². The molecule has 0 unspecified atom stereocenters. The molecular weight excluding hydrogens is 636 g/mol. The third-order valence-electron chi connectivity index (χ3n) is 10.9. The van der Waals surface area contributed by atoms with Gasteiger partial charge in [-0.25, -0.2) is 0 Å². The first-order chi connectivity index (χ1) is 22.9. The van der Waals surface area contributed by atoms with Crippen molar-refractivity contribution in [2.45, 2.75) is 153 Å². The van der Waals surface area contributed by atoms with Crippen LogP contribution in [0.1, 0.15) is 86.5 Å². The number of aliphatic hydroxyl groups excluding tert-OH is 2. The van der Waals surface area contributed by atoms with Gasteiger partial charge in [-0.1, -0.05) is 13.8 Å². The molecule has 49 heavy (non-hydrogen) atoms. The summed E-state index contributed by atoms with van der Waals surface area (Å²) in [7, 11) is 5.34. The highest BCUT2D eigenvalue weighted by Gasteiger charge is 2.51. The lowest BCUT2D eigenvalue weighted by Gasteiger charge is -2.48. The second-order valence-electron chi connectivity index (χ2n) is 15.5. The van der Waals surface area contributed by atoms with Crippen molar-refractivity contribution in [2.24, 2.45) is 17.8 Å². The molecule has 0 saturated carbocycles. The Bertz CT molecular complexity index is 1190. The normalized spacial score (nSPS) is 46.4. The third-order valence-corrected chi connectivity index (χ3v) is 10.9. The van der Waals surface area contributed by atoms with Crippen LogP contribution in [0.15, 0.2) is 12.3 Å². The summed E-state index contributed by atoms with van der Waals surface area (Å²) in [6.45, 7) is 15.3. The minimum absolute atomic E-state index is 0.0384. The molecule has 0 aromatic carbocycles. The molecule has 282 valence electrons. The van der Waals surface area contributed by atoms with Crippen molar-refractivity contribution in [3.63, 3.8) is 0 Å². The number of aliphatic hydroxyl groups is 3. The van der Waals surface area contributed by atoms with E-state index in [-0.39, 0.29) is 30.5 Å². The van der Waals surface area contributed by atoms with Crippen molar-refractivity contribution in [3.8, 4) is 0 Å². The van der Waals surface area contributed by atoms with Gasteiger partial charge in [-0.3, -0.25) is 9.89 Å². The number of nitrogens with one attached hydrogen (secondary N) is 2. The number of carbonyl (C=O) groups is 1. The molecular formula is C35H62N4O10.